The minimum atomic E-state index is -0.277. The second-order valence-electron chi connectivity index (χ2n) is 12.5. The number of amides is 1. The molecule has 1 N–H and O–H groups in total. The molecule has 0 fully saturated rings. The molecule has 0 aliphatic rings. The molecule has 3 aromatic carbocycles. The van der Waals surface area contributed by atoms with Crippen molar-refractivity contribution in [2.24, 2.45) is 33.2 Å². The van der Waals surface area contributed by atoms with Gasteiger partial charge in [-0.3, -0.25) is 9.79 Å². The molecule has 2 heterocycles. The number of rotatable bonds is 8. The summed E-state index contributed by atoms with van der Waals surface area (Å²) in [6.07, 6.45) is 7.39. The highest BCUT2D eigenvalue weighted by atomic mass is 16.3. The topological polar surface area (TPSA) is 82.1 Å². The van der Waals surface area contributed by atoms with E-state index >= 15 is 0 Å². The number of aromatic nitrogens is 4. The van der Waals surface area contributed by atoms with Crippen molar-refractivity contribution in [3.8, 4) is 0 Å². The Morgan fingerprint density at radius 3 is 1.68 bits per heavy atom. The third-order valence-electron chi connectivity index (χ3n) is 8.75. The van der Waals surface area contributed by atoms with Crippen LogP contribution < -0.4 is 19.6 Å². The number of hydrogen-bond donors (Lipinski definition) is 1. The molecule has 0 saturated heterocycles. The van der Waals surface area contributed by atoms with E-state index in [4.69, 9.17) is 0 Å². The van der Waals surface area contributed by atoms with Crippen LogP contribution in [-0.4, -0.2) is 20.9 Å². The van der Waals surface area contributed by atoms with Crippen LogP contribution >= 0.6 is 0 Å². The van der Waals surface area contributed by atoms with Gasteiger partial charge in [-0.25, -0.2) is 18.3 Å². The number of benzene rings is 3. The maximum absolute atomic E-state index is 12.8. The number of aryl methyl sites for hydroxylation is 4. The molecule has 1 amide bonds. The Labute approximate surface area is 259 Å². The third kappa shape index (κ3) is 5.80. The number of nitrogens with zero attached hydrogens (tertiary/aromatic N) is 5. The molecule has 0 aliphatic carbocycles. The van der Waals surface area contributed by atoms with Crippen LogP contribution in [0.3, 0.4) is 0 Å². The number of anilines is 1. The number of hydrogen-bond acceptors (Lipinski definition) is 3. The van der Waals surface area contributed by atoms with Crippen LogP contribution in [0, 0.1) is 0 Å². The van der Waals surface area contributed by atoms with Gasteiger partial charge in [-0.1, -0.05) is 76.2 Å². The highest BCUT2D eigenvalue weighted by Gasteiger charge is 2.28. The lowest BCUT2D eigenvalue weighted by atomic mass is 9.73. The summed E-state index contributed by atoms with van der Waals surface area (Å²) in [5.74, 6) is 0.671. The van der Waals surface area contributed by atoms with E-state index in [9.17, 15) is 9.90 Å². The first kappa shape index (κ1) is 30.5. The molecule has 0 spiro atoms. The SMILES string of the molecule is Cn1cc[n+](C)c1C(=O)Nc1ccc(C(C)(C)c2cccc(C(C)(C)c3ccc(N=C([O-])c4n(C)cc[n+]4C)cc3)c2)cc1. The molecule has 226 valence electrons. The molecule has 0 atom stereocenters. The third-order valence-corrected chi connectivity index (χ3v) is 8.75. The van der Waals surface area contributed by atoms with Crippen LogP contribution in [0.1, 0.15) is 66.4 Å². The van der Waals surface area contributed by atoms with E-state index in [1.807, 2.05) is 77.2 Å². The highest BCUT2D eigenvalue weighted by Crippen LogP contribution is 2.37. The minimum Gasteiger partial charge on any atom is -0.853 e. The summed E-state index contributed by atoms with van der Waals surface area (Å²) >= 11 is 0. The normalized spacial score (nSPS) is 12.4. The fourth-order valence-corrected chi connectivity index (χ4v) is 5.71. The fraction of sp³-hybridized carbons (Fsp3) is 0.278. The lowest BCUT2D eigenvalue weighted by Crippen LogP contribution is -2.39. The van der Waals surface area contributed by atoms with E-state index < -0.39 is 0 Å². The van der Waals surface area contributed by atoms with Gasteiger partial charge in [-0.2, -0.15) is 0 Å². The minimum absolute atomic E-state index is 0.152. The van der Waals surface area contributed by atoms with Crippen molar-refractivity contribution in [2.75, 3.05) is 5.32 Å². The molecule has 0 bridgehead atoms. The second-order valence-corrected chi connectivity index (χ2v) is 12.5. The van der Waals surface area contributed by atoms with Gasteiger partial charge in [0, 0.05) is 16.5 Å². The van der Waals surface area contributed by atoms with E-state index in [1.165, 1.54) is 11.1 Å². The van der Waals surface area contributed by atoms with Crippen molar-refractivity contribution in [2.45, 2.75) is 38.5 Å². The van der Waals surface area contributed by atoms with Crippen molar-refractivity contribution in [3.05, 3.63) is 131 Å². The summed E-state index contributed by atoms with van der Waals surface area (Å²) in [5, 5.41) is 15.8. The summed E-state index contributed by atoms with van der Waals surface area (Å²) in [4.78, 5) is 17.2. The fourth-order valence-electron chi connectivity index (χ4n) is 5.71. The Hall–Kier alpha value is -4.98. The molecule has 2 aromatic heterocycles. The van der Waals surface area contributed by atoms with Crippen LogP contribution in [0.25, 0.3) is 0 Å². The summed E-state index contributed by atoms with van der Waals surface area (Å²) in [6.45, 7) is 8.86. The van der Waals surface area contributed by atoms with E-state index in [1.54, 1.807) is 18.3 Å². The van der Waals surface area contributed by atoms with Gasteiger partial charge in [0.25, 0.3) is 5.82 Å². The molecule has 8 nitrogen and oxygen atoms in total. The maximum atomic E-state index is 12.8. The van der Waals surface area contributed by atoms with Crippen LogP contribution in [-0.2, 0) is 39.0 Å². The molecule has 8 heteroatoms. The summed E-state index contributed by atoms with van der Waals surface area (Å²) in [5.41, 5.74) is 5.51. The summed E-state index contributed by atoms with van der Waals surface area (Å²) in [7, 11) is 7.39. The molecule has 0 saturated carbocycles. The highest BCUT2D eigenvalue weighted by molar-refractivity contribution is 6.00. The molecular weight excluding hydrogens is 548 g/mol. The first-order chi connectivity index (χ1) is 20.8. The number of carbonyl (C=O) groups is 1. The average molecular weight is 590 g/mol. The van der Waals surface area contributed by atoms with E-state index in [0.717, 1.165) is 16.8 Å². The zero-order chi connectivity index (χ0) is 31.8. The largest absolute Gasteiger partial charge is 0.853 e. The lowest BCUT2D eigenvalue weighted by molar-refractivity contribution is -0.674. The van der Waals surface area contributed by atoms with Gasteiger partial charge in [-0.15, -0.1) is 0 Å². The predicted molar refractivity (Wildman–Crippen MR) is 171 cm³/mol. The van der Waals surface area contributed by atoms with Gasteiger partial charge < -0.3 is 10.4 Å². The van der Waals surface area contributed by atoms with Crippen molar-refractivity contribution in [1.29, 1.82) is 0 Å². The molecule has 5 rings (SSSR count). The van der Waals surface area contributed by atoms with E-state index in [2.05, 4.69) is 86.5 Å². The Morgan fingerprint density at radius 2 is 1.20 bits per heavy atom. The summed E-state index contributed by atoms with van der Waals surface area (Å²) < 4.78 is 7.15. The van der Waals surface area contributed by atoms with E-state index in [0.29, 0.717) is 17.3 Å². The summed E-state index contributed by atoms with van der Waals surface area (Å²) in [6, 6.07) is 24.7. The lowest BCUT2D eigenvalue weighted by Gasteiger charge is -2.31. The van der Waals surface area contributed by atoms with Gasteiger partial charge in [-0.05, 0) is 46.5 Å². The van der Waals surface area contributed by atoms with Gasteiger partial charge >= 0.3 is 11.7 Å². The quantitative estimate of drug-likeness (QED) is 0.166. The Morgan fingerprint density at radius 1 is 0.727 bits per heavy atom. The van der Waals surface area contributed by atoms with Crippen LogP contribution in [0.15, 0.2) is 103 Å². The first-order valence-electron chi connectivity index (χ1n) is 14.7. The first-order valence-corrected chi connectivity index (χ1v) is 14.7. The van der Waals surface area contributed by atoms with Crippen molar-refractivity contribution >= 4 is 23.2 Å². The molecule has 0 radical (unpaired) electrons. The Balaban J connectivity index is 1.35. The van der Waals surface area contributed by atoms with Crippen molar-refractivity contribution < 1.29 is 19.0 Å². The molecule has 5 aromatic rings. The van der Waals surface area contributed by atoms with Gasteiger partial charge in [0.15, 0.2) is 0 Å². The van der Waals surface area contributed by atoms with Crippen LogP contribution in [0.5, 0.6) is 0 Å². The molecular formula is C36H41N6O2+. The number of aliphatic imine (C=N–C) groups is 1. The molecule has 44 heavy (non-hydrogen) atoms. The smallest absolute Gasteiger partial charge is 0.347 e. The second kappa shape index (κ2) is 11.6. The average Bonchev–Trinajstić information content (AvgIpc) is 3.52. The monoisotopic (exact) mass is 589 g/mol. The predicted octanol–water partition coefficient (Wildman–Crippen LogP) is 4.36. The van der Waals surface area contributed by atoms with Gasteiger partial charge in [0.1, 0.15) is 24.8 Å². The number of carbonyl (C=O) groups excluding carboxylic acids is 1. The Kier molecular flexibility index (Phi) is 8.04. The molecule has 0 unspecified atom stereocenters. The van der Waals surface area contributed by atoms with Crippen molar-refractivity contribution in [1.82, 2.24) is 9.13 Å². The van der Waals surface area contributed by atoms with Crippen molar-refractivity contribution in [3.63, 3.8) is 0 Å². The number of nitrogens with one attached hydrogen (secondary N) is 1. The Bertz CT molecular complexity index is 1800. The molecule has 0 aliphatic heterocycles. The van der Waals surface area contributed by atoms with E-state index in [-0.39, 0.29) is 22.6 Å². The zero-order valence-electron chi connectivity index (χ0n) is 26.8. The number of imidazole rings is 2. The van der Waals surface area contributed by atoms with Gasteiger partial charge in [0.05, 0.1) is 39.8 Å². The van der Waals surface area contributed by atoms with Crippen LogP contribution in [0.4, 0.5) is 11.4 Å². The zero-order valence-corrected chi connectivity index (χ0v) is 26.8. The maximum Gasteiger partial charge on any atom is 0.347 e. The van der Waals surface area contributed by atoms with Gasteiger partial charge in [0.2, 0.25) is 0 Å². The standard InChI is InChI=1S/C36H40N6O2/c1-35(2,25-12-16-29(17-13-25)37-31(43)33-39(5)20-21-40(33)6)27-10-9-11-28(24-27)36(3,4)26-14-18-30(19-15-26)38-32(44)34-41(7)22-23-42(34)8/h9-24H,1-8H3/p+1. The van der Waals surface area contributed by atoms with Crippen LogP contribution in [0.2, 0.25) is 0 Å².